The number of aromatic nitrogens is 2. The zero-order valence-corrected chi connectivity index (χ0v) is 10.5. The summed E-state index contributed by atoms with van der Waals surface area (Å²) in [5.41, 5.74) is 0.962. The molecule has 1 rings (SSSR count). The highest BCUT2D eigenvalue weighted by Gasteiger charge is 2.18. The summed E-state index contributed by atoms with van der Waals surface area (Å²) in [4.78, 5) is 0.959. The number of rotatable bonds is 6. The highest BCUT2D eigenvalue weighted by atomic mass is 32.1. The van der Waals surface area contributed by atoms with Gasteiger partial charge in [0.15, 0.2) is 0 Å². The van der Waals surface area contributed by atoms with E-state index in [1.807, 2.05) is 0 Å². The van der Waals surface area contributed by atoms with E-state index in [0.717, 1.165) is 23.4 Å². The summed E-state index contributed by atoms with van der Waals surface area (Å²) in [6.07, 6.45) is 3.91. The van der Waals surface area contributed by atoms with Crippen molar-refractivity contribution in [1.82, 2.24) is 9.59 Å². The zero-order chi connectivity index (χ0) is 11.3. The molecule has 0 bridgehead atoms. The van der Waals surface area contributed by atoms with Gasteiger partial charge in [-0.25, -0.2) is 0 Å². The van der Waals surface area contributed by atoms with Gasteiger partial charge in [-0.2, -0.15) is 0 Å². The van der Waals surface area contributed by atoms with Gasteiger partial charge in [-0.05, 0) is 23.9 Å². The molecule has 0 saturated heterocycles. The lowest BCUT2D eigenvalue weighted by molar-refractivity contribution is 0.165. The number of aliphatic hydroxyl groups is 1. The van der Waals surface area contributed by atoms with Crippen LogP contribution in [0.15, 0.2) is 0 Å². The Balaban J connectivity index is 2.56. The molecule has 1 aromatic heterocycles. The first-order chi connectivity index (χ1) is 7.16. The monoisotopic (exact) mass is 228 g/mol. The Hall–Kier alpha value is -0.480. The molecule has 0 spiro atoms. The molecule has 1 heterocycles. The molecule has 3 nitrogen and oxygen atoms in total. The lowest BCUT2D eigenvalue weighted by Gasteiger charge is -2.10. The van der Waals surface area contributed by atoms with Crippen molar-refractivity contribution in [2.45, 2.75) is 58.5 Å². The maximum Gasteiger partial charge on any atom is 0.0917 e. The highest BCUT2D eigenvalue weighted by molar-refractivity contribution is 7.05. The van der Waals surface area contributed by atoms with Crippen LogP contribution in [0.5, 0.6) is 0 Å². The minimum Gasteiger partial charge on any atom is -0.387 e. The Bertz CT molecular complexity index is 286. The Morgan fingerprint density at radius 3 is 2.67 bits per heavy atom. The predicted molar refractivity (Wildman–Crippen MR) is 63.1 cm³/mol. The first kappa shape index (κ1) is 12.6. The largest absolute Gasteiger partial charge is 0.387 e. The van der Waals surface area contributed by atoms with Crippen molar-refractivity contribution in [2.24, 2.45) is 0 Å². The van der Waals surface area contributed by atoms with Crippen molar-refractivity contribution >= 4 is 11.5 Å². The van der Waals surface area contributed by atoms with E-state index in [1.54, 1.807) is 0 Å². The molecule has 86 valence electrons. The Labute approximate surface area is 95.7 Å². The number of nitrogens with zero attached hydrogens (tertiary/aromatic N) is 2. The van der Waals surface area contributed by atoms with Gasteiger partial charge in [0.05, 0.1) is 16.7 Å². The van der Waals surface area contributed by atoms with Crippen LogP contribution < -0.4 is 0 Å². The molecule has 0 aliphatic heterocycles. The summed E-state index contributed by atoms with van der Waals surface area (Å²) < 4.78 is 3.92. The van der Waals surface area contributed by atoms with Crippen LogP contribution in [0.3, 0.4) is 0 Å². The fourth-order valence-electron chi connectivity index (χ4n) is 1.55. The van der Waals surface area contributed by atoms with Gasteiger partial charge in [0.25, 0.3) is 0 Å². The van der Waals surface area contributed by atoms with Gasteiger partial charge < -0.3 is 5.11 Å². The Morgan fingerprint density at radius 1 is 1.33 bits per heavy atom. The third-order valence-corrected chi connectivity index (χ3v) is 3.31. The molecule has 0 radical (unpaired) electrons. The van der Waals surface area contributed by atoms with Crippen molar-refractivity contribution in [2.75, 3.05) is 0 Å². The molecule has 1 N–H and O–H groups in total. The third-order valence-electron chi connectivity index (χ3n) is 2.47. The first-order valence-electron chi connectivity index (χ1n) is 5.67. The van der Waals surface area contributed by atoms with Crippen LogP contribution in [0.25, 0.3) is 0 Å². The molecule has 0 aliphatic rings. The molecule has 1 atom stereocenters. The van der Waals surface area contributed by atoms with E-state index in [4.69, 9.17) is 0 Å². The van der Waals surface area contributed by atoms with Crippen LogP contribution >= 0.6 is 11.5 Å². The van der Waals surface area contributed by atoms with Gasteiger partial charge in [0.1, 0.15) is 0 Å². The van der Waals surface area contributed by atoms with Crippen molar-refractivity contribution in [3.05, 3.63) is 10.6 Å². The average molecular weight is 228 g/mol. The fourth-order valence-corrected chi connectivity index (χ4v) is 2.38. The van der Waals surface area contributed by atoms with E-state index in [1.165, 1.54) is 24.4 Å². The molecular formula is C11H20N2OS. The Kier molecular flexibility index (Phi) is 5.19. The van der Waals surface area contributed by atoms with Gasteiger partial charge in [-0.15, -0.1) is 5.10 Å². The SMILES string of the molecule is CCCCCC(O)c1snnc1C(C)C. The smallest absolute Gasteiger partial charge is 0.0917 e. The number of hydrogen-bond donors (Lipinski definition) is 1. The molecule has 1 aromatic rings. The van der Waals surface area contributed by atoms with Crippen molar-refractivity contribution in [3.63, 3.8) is 0 Å². The minimum absolute atomic E-state index is 0.347. The van der Waals surface area contributed by atoms with Gasteiger partial charge >= 0.3 is 0 Å². The Morgan fingerprint density at radius 2 is 2.07 bits per heavy atom. The van der Waals surface area contributed by atoms with Crippen molar-refractivity contribution in [3.8, 4) is 0 Å². The van der Waals surface area contributed by atoms with Crippen LogP contribution in [-0.4, -0.2) is 14.7 Å². The average Bonchev–Trinajstić information content (AvgIpc) is 2.66. The molecular weight excluding hydrogens is 208 g/mol. The number of hydrogen-bond acceptors (Lipinski definition) is 4. The van der Waals surface area contributed by atoms with E-state index in [0.29, 0.717) is 5.92 Å². The lowest BCUT2D eigenvalue weighted by Crippen LogP contribution is -2.01. The normalized spacial score (nSPS) is 13.4. The maximum absolute atomic E-state index is 10.00. The maximum atomic E-state index is 10.00. The minimum atomic E-state index is -0.367. The standard InChI is InChI=1S/C11H20N2OS/c1-4-5-6-7-9(14)11-10(8(2)3)12-13-15-11/h8-9,14H,4-7H2,1-3H3. The van der Waals surface area contributed by atoms with E-state index < -0.39 is 0 Å². The molecule has 4 heteroatoms. The van der Waals surface area contributed by atoms with E-state index >= 15 is 0 Å². The molecule has 0 amide bonds. The summed E-state index contributed by atoms with van der Waals surface area (Å²) in [6.45, 7) is 6.33. The summed E-state index contributed by atoms with van der Waals surface area (Å²) in [5.74, 6) is 0.347. The van der Waals surface area contributed by atoms with Gasteiger partial charge in [-0.3, -0.25) is 0 Å². The highest BCUT2D eigenvalue weighted by Crippen LogP contribution is 2.29. The van der Waals surface area contributed by atoms with E-state index in [-0.39, 0.29) is 6.10 Å². The molecule has 1 unspecified atom stereocenters. The third kappa shape index (κ3) is 3.54. The molecule has 0 aromatic carbocycles. The van der Waals surface area contributed by atoms with Crippen LogP contribution in [0.1, 0.15) is 69.0 Å². The van der Waals surface area contributed by atoms with Crippen LogP contribution in [0.4, 0.5) is 0 Å². The second kappa shape index (κ2) is 6.18. The quantitative estimate of drug-likeness (QED) is 0.760. The predicted octanol–water partition coefficient (Wildman–Crippen LogP) is 3.28. The van der Waals surface area contributed by atoms with Crippen molar-refractivity contribution in [1.29, 1.82) is 0 Å². The molecule has 0 fully saturated rings. The summed E-state index contributed by atoms with van der Waals surface area (Å²) in [6, 6.07) is 0. The molecule has 0 aliphatic carbocycles. The van der Waals surface area contributed by atoms with Gasteiger partial charge in [0.2, 0.25) is 0 Å². The second-order valence-electron chi connectivity index (χ2n) is 4.19. The van der Waals surface area contributed by atoms with E-state index in [9.17, 15) is 5.11 Å². The molecule has 15 heavy (non-hydrogen) atoms. The fraction of sp³-hybridized carbons (Fsp3) is 0.818. The van der Waals surface area contributed by atoms with Gasteiger partial charge in [0, 0.05) is 0 Å². The summed E-state index contributed by atoms with van der Waals surface area (Å²) in [5, 5.41) is 14.1. The van der Waals surface area contributed by atoms with Gasteiger partial charge in [-0.1, -0.05) is 44.5 Å². The number of unbranched alkanes of at least 4 members (excludes halogenated alkanes) is 2. The van der Waals surface area contributed by atoms with Crippen LogP contribution in [0, 0.1) is 0 Å². The zero-order valence-electron chi connectivity index (χ0n) is 9.73. The van der Waals surface area contributed by atoms with E-state index in [2.05, 4.69) is 30.4 Å². The summed E-state index contributed by atoms with van der Waals surface area (Å²) in [7, 11) is 0. The second-order valence-corrected chi connectivity index (χ2v) is 4.97. The van der Waals surface area contributed by atoms with Crippen LogP contribution in [-0.2, 0) is 0 Å². The lowest BCUT2D eigenvalue weighted by atomic mass is 10.0. The topological polar surface area (TPSA) is 46.0 Å². The number of aliphatic hydroxyl groups excluding tert-OH is 1. The summed E-state index contributed by atoms with van der Waals surface area (Å²) >= 11 is 1.33. The van der Waals surface area contributed by atoms with Crippen molar-refractivity contribution < 1.29 is 5.11 Å². The van der Waals surface area contributed by atoms with Crippen LogP contribution in [0.2, 0.25) is 0 Å². The molecule has 0 saturated carbocycles. The first-order valence-corrected chi connectivity index (χ1v) is 6.44.